The summed E-state index contributed by atoms with van der Waals surface area (Å²) in [7, 11) is 0. The average molecular weight is 406 g/mol. The largest absolute Gasteiger partial charge is 0.292 e. The zero-order valence-electron chi connectivity index (χ0n) is 12.8. The molecule has 7 heteroatoms. The minimum atomic E-state index is 0.485. The smallest absolute Gasteiger partial charge is 0.232 e. The molecular formula is C17H14BrClN4O. The van der Waals surface area contributed by atoms with Gasteiger partial charge in [-0.2, -0.15) is 5.10 Å². The molecule has 0 bridgehead atoms. The summed E-state index contributed by atoms with van der Waals surface area (Å²) in [5.74, 6) is 0. The van der Waals surface area contributed by atoms with E-state index in [0.29, 0.717) is 17.1 Å². The number of H-pyrrole nitrogens is 1. The molecule has 1 amide bonds. The molecule has 1 heterocycles. The first-order chi connectivity index (χ1) is 11.6. The number of hydrazine groups is 1. The van der Waals surface area contributed by atoms with Crippen LogP contribution in [0.15, 0.2) is 53.0 Å². The Hall–Kier alpha value is -2.31. The third-order valence-electron chi connectivity index (χ3n) is 3.48. The van der Waals surface area contributed by atoms with Crippen LogP contribution in [-0.2, 0) is 4.79 Å². The van der Waals surface area contributed by atoms with E-state index >= 15 is 0 Å². The zero-order valence-corrected chi connectivity index (χ0v) is 15.1. The lowest BCUT2D eigenvalue weighted by atomic mass is 10.1. The monoisotopic (exact) mass is 404 g/mol. The maximum Gasteiger partial charge on any atom is 0.232 e. The van der Waals surface area contributed by atoms with Gasteiger partial charge in [-0.1, -0.05) is 35.9 Å². The van der Waals surface area contributed by atoms with Crippen molar-refractivity contribution >= 4 is 45.3 Å². The highest BCUT2D eigenvalue weighted by Gasteiger charge is 2.12. The SMILES string of the molecule is Cc1[nH]nc(-c2cccc(NN(C=O)c3ccccc3Cl)c2)c1Br. The van der Waals surface area contributed by atoms with Crippen LogP contribution in [0.25, 0.3) is 11.3 Å². The quantitative estimate of drug-likeness (QED) is 0.474. The highest BCUT2D eigenvalue weighted by Crippen LogP contribution is 2.30. The van der Waals surface area contributed by atoms with Crippen molar-refractivity contribution in [2.75, 3.05) is 10.4 Å². The minimum absolute atomic E-state index is 0.485. The van der Waals surface area contributed by atoms with Gasteiger partial charge in [-0.3, -0.25) is 15.3 Å². The molecule has 0 aliphatic heterocycles. The molecule has 3 rings (SSSR count). The molecule has 5 nitrogen and oxygen atoms in total. The Morgan fingerprint density at radius 2 is 2.04 bits per heavy atom. The van der Waals surface area contributed by atoms with Crippen LogP contribution in [0.1, 0.15) is 5.69 Å². The Morgan fingerprint density at radius 1 is 1.25 bits per heavy atom. The molecule has 24 heavy (non-hydrogen) atoms. The minimum Gasteiger partial charge on any atom is -0.292 e. The zero-order chi connectivity index (χ0) is 17.1. The van der Waals surface area contributed by atoms with E-state index in [0.717, 1.165) is 27.1 Å². The van der Waals surface area contributed by atoms with Gasteiger partial charge in [-0.25, -0.2) is 5.01 Å². The topological polar surface area (TPSA) is 61.0 Å². The maximum atomic E-state index is 11.5. The normalized spacial score (nSPS) is 10.5. The van der Waals surface area contributed by atoms with E-state index in [9.17, 15) is 4.79 Å². The van der Waals surface area contributed by atoms with E-state index in [2.05, 4.69) is 31.6 Å². The number of aromatic amines is 1. The standard InChI is InChI=1S/C17H14BrClN4O/c1-11-16(18)17(21-20-11)12-5-4-6-13(9-12)22-23(10-24)15-8-3-2-7-14(15)19/h2-10,22H,1H3,(H,20,21). The van der Waals surface area contributed by atoms with Gasteiger partial charge in [0.2, 0.25) is 6.41 Å². The Bertz CT molecular complexity index is 881. The number of nitrogens with zero attached hydrogens (tertiary/aromatic N) is 2. The predicted octanol–water partition coefficient (Wildman–Crippen LogP) is 4.79. The summed E-state index contributed by atoms with van der Waals surface area (Å²) >= 11 is 9.68. The summed E-state index contributed by atoms with van der Waals surface area (Å²) in [6.07, 6.45) is 0.683. The Morgan fingerprint density at radius 3 is 2.71 bits per heavy atom. The van der Waals surface area contributed by atoms with Crippen LogP contribution in [0.5, 0.6) is 0 Å². The summed E-state index contributed by atoms with van der Waals surface area (Å²) in [6.45, 7) is 1.94. The summed E-state index contributed by atoms with van der Waals surface area (Å²) in [5.41, 5.74) is 7.05. The summed E-state index contributed by atoms with van der Waals surface area (Å²) in [4.78, 5) is 11.5. The van der Waals surface area contributed by atoms with Gasteiger partial charge in [0, 0.05) is 11.3 Å². The van der Waals surface area contributed by atoms with Gasteiger partial charge in [-0.05, 0) is 47.1 Å². The Balaban J connectivity index is 1.90. The molecule has 0 saturated carbocycles. The number of para-hydroxylation sites is 1. The number of hydrogen-bond acceptors (Lipinski definition) is 3. The molecule has 2 N–H and O–H groups in total. The van der Waals surface area contributed by atoms with Crippen LogP contribution in [0, 0.1) is 6.92 Å². The Labute approximate surface area is 152 Å². The fourth-order valence-corrected chi connectivity index (χ4v) is 2.91. The lowest BCUT2D eigenvalue weighted by Crippen LogP contribution is -2.28. The molecule has 0 radical (unpaired) electrons. The van der Waals surface area contributed by atoms with Crippen LogP contribution in [0.3, 0.4) is 0 Å². The number of amides is 1. The van der Waals surface area contributed by atoms with Gasteiger partial charge in [0.05, 0.1) is 20.9 Å². The highest BCUT2D eigenvalue weighted by molar-refractivity contribution is 9.10. The molecule has 3 aromatic rings. The van der Waals surface area contributed by atoms with E-state index < -0.39 is 0 Å². The second-order valence-corrected chi connectivity index (χ2v) is 6.33. The van der Waals surface area contributed by atoms with Crippen molar-refractivity contribution in [1.82, 2.24) is 10.2 Å². The number of aromatic nitrogens is 2. The van der Waals surface area contributed by atoms with Crippen molar-refractivity contribution < 1.29 is 4.79 Å². The third-order valence-corrected chi connectivity index (χ3v) is 4.77. The van der Waals surface area contributed by atoms with Crippen molar-refractivity contribution in [1.29, 1.82) is 0 Å². The first-order valence-electron chi connectivity index (χ1n) is 7.17. The number of carbonyl (C=O) groups is 1. The number of benzene rings is 2. The average Bonchev–Trinajstić information content (AvgIpc) is 2.93. The lowest BCUT2D eigenvalue weighted by molar-refractivity contribution is -0.107. The molecule has 0 saturated heterocycles. The van der Waals surface area contributed by atoms with Crippen LogP contribution >= 0.6 is 27.5 Å². The molecule has 122 valence electrons. The van der Waals surface area contributed by atoms with Crippen molar-refractivity contribution in [3.05, 3.63) is 63.7 Å². The lowest BCUT2D eigenvalue weighted by Gasteiger charge is -2.21. The third kappa shape index (κ3) is 3.29. The molecule has 1 aromatic heterocycles. The van der Waals surface area contributed by atoms with E-state index in [-0.39, 0.29) is 0 Å². The van der Waals surface area contributed by atoms with Gasteiger partial charge in [0.15, 0.2) is 0 Å². The second-order valence-electron chi connectivity index (χ2n) is 5.13. The maximum absolute atomic E-state index is 11.5. The summed E-state index contributed by atoms with van der Waals surface area (Å²) in [5, 5.41) is 9.06. The first-order valence-corrected chi connectivity index (χ1v) is 8.34. The number of hydrogen-bond donors (Lipinski definition) is 2. The number of aryl methyl sites for hydroxylation is 1. The molecule has 0 unspecified atom stereocenters. The Kier molecular flexibility index (Phi) is 4.87. The molecule has 0 aliphatic carbocycles. The number of rotatable bonds is 5. The molecule has 0 fully saturated rings. The van der Waals surface area contributed by atoms with Crippen molar-refractivity contribution in [2.45, 2.75) is 6.92 Å². The van der Waals surface area contributed by atoms with Crippen LogP contribution in [0.4, 0.5) is 11.4 Å². The predicted molar refractivity (Wildman–Crippen MR) is 100 cm³/mol. The van der Waals surface area contributed by atoms with Crippen LogP contribution in [-0.4, -0.2) is 16.6 Å². The van der Waals surface area contributed by atoms with Crippen molar-refractivity contribution in [3.63, 3.8) is 0 Å². The van der Waals surface area contributed by atoms with Gasteiger partial charge in [0.25, 0.3) is 0 Å². The number of nitrogens with one attached hydrogen (secondary N) is 2. The van der Waals surface area contributed by atoms with Gasteiger partial charge in [0.1, 0.15) is 5.69 Å². The van der Waals surface area contributed by atoms with Gasteiger partial charge in [-0.15, -0.1) is 0 Å². The van der Waals surface area contributed by atoms with Crippen LogP contribution < -0.4 is 10.4 Å². The summed E-state index contributed by atoms with van der Waals surface area (Å²) in [6, 6.07) is 14.7. The second kappa shape index (κ2) is 7.07. The van der Waals surface area contributed by atoms with E-state index in [1.165, 1.54) is 5.01 Å². The van der Waals surface area contributed by atoms with E-state index in [4.69, 9.17) is 11.6 Å². The molecule has 0 aliphatic rings. The molecular weight excluding hydrogens is 392 g/mol. The van der Waals surface area contributed by atoms with Crippen molar-refractivity contribution in [2.24, 2.45) is 0 Å². The highest BCUT2D eigenvalue weighted by atomic mass is 79.9. The number of carbonyl (C=O) groups excluding carboxylic acids is 1. The van der Waals surface area contributed by atoms with E-state index in [1.807, 2.05) is 43.3 Å². The fraction of sp³-hybridized carbons (Fsp3) is 0.0588. The summed E-state index contributed by atoms with van der Waals surface area (Å²) < 4.78 is 0.915. The van der Waals surface area contributed by atoms with Crippen LogP contribution in [0.2, 0.25) is 5.02 Å². The number of halogens is 2. The molecule has 2 aromatic carbocycles. The molecule has 0 atom stereocenters. The molecule has 0 spiro atoms. The number of anilines is 2. The first kappa shape index (κ1) is 16.5. The van der Waals surface area contributed by atoms with Crippen molar-refractivity contribution in [3.8, 4) is 11.3 Å². The van der Waals surface area contributed by atoms with E-state index in [1.54, 1.807) is 12.1 Å². The fourth-order valence-electron chi connectivity index (χ4n) is 2.27. The van der Waals surface area contributed by atoms with Gasteiger partial charge < -0.3 is 0 Å². The van der Waals surface area contributed by atoms with Gasteiger partial charge >= 0.3 is 0 Å².